The van der Waals surface area contributed by atoms with Gasteiger partial charge < -0.3 is 9.84 Å². The maximum Gasteiger partial charge on any atom is 0.337 e. The van der Waals surface area contributed by atoms with Gasteiger partial charge in [-0.05, 0) is 52.4 Å². The molecule has 1 N–H and O–H groups in total. The van der Waals surface area contributed by atoms with Crippen molar-refractivity contribution in [3.8, 4) is 11.4 Å². The molecule has 1 aromatic heterocycles. The van der Waals surface area contributed by atoms with E-state index >= 15 is 0 Å². The molecule has 0 saturated carbocycles. The van der Waals surface area contributed by atoms with Crippen LogP contribution in [0.1, 0.15) is 15.9 Å². The summed E-state index contributed by atoms with van der Waals surface area (Å²) in [7, 11) is 1.36. The second-order valence-corrected chi connectivity index (χ2v) is 5.81. The molecule has 3 aromatic rings. The molecule has 3 rings (SSSR count). The number of phenols is 1. The smallest absolute Gasteiger partial charge is 0.337 e. The van der Waals surface area contributed by atoms with Gasteiger partial charge >= 0.3 is 5.97 Å². The fourth-order valence-electron chi connectivity index (χ4n) is 2.08. The van der Waals surface area contributed by atoms with Crippen LogP contribution in [0.4, 0.5) is 0 Å². The summed E-state index contributed by atoms with van der Waals surface area (Å²) in [4.78, 5) is 11.6. The van der Waals surface area contributed by atoms with Crippen molar-refractivity contribution in [2.45, 2.75) is 10.9 Å². The predicted molar refractivity (Wildman–Crippen MR) is 88.2 cm³/mol. The highest BCUT2D eigenvalue weighted by molar-refractivity contribution is 7.98. The quantitative estimate of drug-likeness (QED) is 0.562. The molecule has 0 amide bonds. The van der Waals surface area contributed by atoms with Gasteiger partial charge in [-0.1, -0.05) is 23.9 Å². The first-order valence-corrected chi connectivity index (χ1v) is 8.04. The standard InChI is InChI=1S/C16H14N4O3S/c1-23-15(22)12-4-2-3-11(9-12)10-24-16-17-18-19-20(16)13-5-7-14(21)8-6-13/h2-9,21H,10H2,1H3. The highest BCUT2D eigenvalue weighted by Gasteiger charge is 2.11. The summed E-state index contributed by atoms with van der Waals surface area (Å²) >= 11 is 1.45. The molecule has 0 aliphatic rings. The van der Waals surface area contributed by atoms with Crippen molar-refractivity contribution in [1.82, 2.24) is 20.2 Å². The van der Waals surface area contributed by atoms with Crippen LogP contribution in [0, 0.1) is 0 Å². The van der Waals surface area contributed by atoms with Gasteiger partial charge in [0.15, 0.2) is 0 Å². The lowest BCUT2D eigenvalue weighted by atomic mass is 10.1. The van der Waals surface area contributed by atoms with Crippen molar-refractivity contribution >= 4 is 17.7 Å². The highest BCUT2D eigenvalue weighted by Crippen LogP contribution is 2.23. The summed E-state index contributed by atoms with van der Waals surface area (Å²) < 4.78 is 6.32. The minimum Gasteiger partial charge on any atom is -0.508 e. The zero-order valence-corrected chi connectivity index (χ0v) is 13.6. The number of carbonyl (C=O) groups is 1. The number of carbonyl (C=O) groups excluding carboxylic acids is 1. The number of aromatic hydroxyl groups is 1. The number of hydrogen-bond donors (Lipinski definition) is 1. The van der Waals surface area contributed by atoms with Crippen LogP contribution in [0.2, 0.25) is 0 Å². The van der Waals surface area contributed by atoms with Crippen LogP contribution < -0.4 is 0 Å². The summed E-state index contributed by atoms with van der Waals surface area (Å²) in [6.45, 7) is 0. The van der Waals surface area contributed by atoms with Gasteiger partial charge in [0, 0.05) is 5.75 Å². The van der Waals surface area contributed by atoms with Crippen molar-refractivity contribution in [2.24, 2.45) is 0 Å². The van der Waals surface area contributed by atoms with E-state index in [4.69, 9.17) is 4.74 Å². The van der Waals surface area contributed by atoms with Crippen LogP contribution in [0.15, 0.2) is 53.7 Å². The van der Waals surface area contributed by atoms with Gasteiger partial charge in [-0.2, -0.15) is 4.68 Å². The lowest BCUT2D eigenvalue weighted by Crippen LogP contribution is -2.01. The number of thioether (sulfide) groups is 1. The second-order valence-electron chi connectivity index (χ2n) is 4.87. The molecular formula is C16H14N4O3S. The molecule has 1 heterocycles. The average molecular weight is 342 g/mol. The van der Waals surface area contributed by atoms with Crippen molar-refractivity contribution in [3.05, 3.63) is 59.7 Å². The number of hydrogen-bond acceptors (Lipinski definition) is 7. The molecule has 7 nitrogen and oxygen atoms in total. The zero-order valence-electron chi connectivity index (χ0n) is 12.8. The van der Waals surface area contributed by atoms with E-state index in [9.17, 15) is 9.90 Å². The molecule has 122 valence electrons. The average Bonchev–Trinajstić information content (AvgIpc) is 3.08. The maximum absolute atomic E-state index is 11.6. The number of aromatic nitrogens is 4. The SMILES string of the molecule is COC(=O)c1cccc(CSc2nnnn2-c2ccc(O)cc2)c1. The summed E-state index contributed by atoms with van der Waals surface area (Å²) in [6.07, 6.45) is 0. The van der Waals surface area contributed by atoms with Gasteiger partial charge in [0.2, 0.25) is 5.16 Å². The minimum atomic E-state index is -0.365. The molecule has 0 unspecified atom stereocenters. The molecule has 8 heteroatoms. The van der Waals surface area contributed by atoms with Crippen LogP contribution in [0.25, 0.3) is 5.69 Å². The third kappa shape index (κ3) is 3.54. The van der Waals surface area contributed by atoms with Gasteiger partial charge in [-0.25, -0.2) is 4.79 Å². The molecule has 0 radical (unpaired) electrons. The van der Waals surface area contributed by atoms with Gasteiger partial charge in [-0.15, -0.1) is 5.10 Å². The number of tetrazole rings is 1. The van der Waals surface area contributed by atoms with E-state index in [0.717, 1.165) is 11.3 Å². The van der Waals surface area contributed by atoms with Crippen LogP contribution >= 0.6 is 11.8 Å². The fourth-order valence-corrected chi connectivity index (χ4v) is 2.91. The summed E-state index contributed by atoms with van der Waals surface area (Å²) in [6, 6.07) is 13.8. The van der Waals surface area contributed by atoms with Crippen molar-refractivity contribution < 1.29 is 14.6 Å². The highest BCUT2D eigenvalue weighted by atomic mass is 32.2. The van der Waals surface area contributed by atoms with Gasteiger partial charge in [-0.3, -0.25) is 0 Å². The topological polar surface area (TPSA) is 90.1 Å². The third-order valence-corrected chi connectivity index (χ3v) is 4.24. The molecule has 0 aliphatic heterocycles. The molecule has 0 saturated heterocycles. The first-order chi connectivity index (χ1) is 11.7. The van der Waals surface area contributed by atoms with E-state index in [1.165, 1.54) is 18.9 Å². The Morgan fingerprint density at radius 1 is 1.25 bits per heavy atom. The molecule has 0 bridgehead atoms. The Kier molecular flexibility index (Phi) is 4.76. The summed E-state index contributed by atoms with van der Waals surface area (Å²) in [5.41, 5.74) is 2.22. The predicted octanol–water partition coefficient (Wildman–Crippen LogP) is 2.45. The Balaban J connectivity index is 1.75. The summed E-state index contributed by atoms with van der Waals surface area (Å²) in [5, 5.41) is 21.7. The van der Waals surface area contributed by atoms with Crippen LogP contribution in [0.3, 0.4) is 0 Å². The van der Waals surface area contributed by atoms with Crippen molar-refractivity contribution in [2.75, 3.05) is 7.11 Å². The van der Waals surface area contributed by atoms with Crippen LogP contribution in [-0.4, -0.2) is 38.4 Å². The van der Waals surface area contributed by atoms with Crippen molar-refractivity contribution in [3.63, 3.8) is 0 Å². The summed E-state index contributed by atoms with van der Waals surface area (Å²) in [5.74, 6) is 0.417. The number of methoxy groups -OCH3 is 1. The van der Waals surface area contributed by atoms with E-state index in [2.05, 4.69) is 15.5 Å². The van der Waals surface area contributed by atoms with E-state index in [0.29, 0.717) is 16.5 Å². The number of benzene rings is 2. The van der Waals surface area contributed by atoms with Gasteiger partial charge in [0.1, 0.15) is 5.75 Å². The normalized spacial score (nSPS) is 10.5. The molecule has 0 spiro atoms. The number of ether oxygens (including phenoxy) is 1. The second kappa shape index (κ2) is 7.14. The number of esters is 1. The molecule has 0 fully saturated rings. The fraction of sp³-hybridized carbons (Fsp3) is 0.125. The Morgan fingerprint density at radius 2 is 2.04 bits per heavy atom. The Bertz CT molecular complexity index is 849. The van der Waals surface area contributed by atoms with Gasteiger partial charge in [0.05, 0.1) is 18.4 Å². The van der Waals surface area contributed by atoms with Crippen LogP contribution in [0.5, 0.6) is 5.75 Å². The maximum atomic E-state index is 11.6. The Hall–Kier alpha value is -2.87. The van der Waals surface area contributed by atoms with E-state index in [1.54, 1.807) is 41.1 Å². The van der Waals surface area contributed by atoms with E-state index < -0.39 is 0 Å². The number of rotatable bonds is 5. The zero-order chi connectivity index (χ0) is 16.9. The lowest BCUT2D eigenvalue weighted by Gasteiger charge is -2.05. The number of phenolic OH excluding ortho intramolecular Hbond substituents is 1. The Labute approximate surface area is 142 Å². The first-order valence-electron chi connectivity index (χ1n) is 7.05. The molecule has 2 aromatic carbocycles. The largest absolute Gasteiger partial charge is 0.508 e. The monoisotopic (exact) mass is 342 g/mol. The van der Waals surface area contributed by atoms with Gasteiger partial charge in [0.25, 0.3) is 0 Å². The van der Waals surface area contributed by atoms with E-state index in [-0.39, 0.29) is 11.7 Å². The molecular weight excluding hydrogens is 328 g/mol. The molecule has 0 atom stereocenters. The minimum absolute atomic E-state index is 0.181. The lowest BCUT2D eigenvalue weighted by molar-refractivity contribution is 0.0600. The van der Waals surface area contributed by atoms with E-state index in [1.807, 2.05) is 12.1 Å². The van der Waals surface area contributed by atoms with Crippen LogP contribution in [-0.2, 0) is 10.5 Å². The third-order valence-electron chi connectivity index (χ3n) is 3.25. The van der Waals surface area contributed by atoms with Crippen molar-refractivity contribution in [1.29, 1.82) is 0 Å². The molecule has 24 heavy (non-hydrogen) atoms. The Morgan fingerprint density at radius 3 is 2.79 bits per heavy atom. The molecule has 0 aliphatic carbocycles. The number of nitrogens with zero attached hydrogens (tertiary/aromatic N) is 4. The first kappa shape index (κ1) is 16.0.